The summed E-state index contributed by atoms with van der Waals surface area (Å²) in [5, 5.41) is 12.3. The summed E-state index contributed by atoms with van der Waals surface area (Å²) < 4.78 is 36.9. The van der Waals surface area contributed by atoms with E-state index >= 15 is 0 Å². The second-order valence-electron chi connectivity index (χ2n) is 4.20. The summed E-state index contributed by atoms with van der Waals surface area (Å²) in [5.41, 5.74) is -1.01. The summed E-state index contributed by atoms with van der Waals surface area (Å²) in [6, 6.07) is -0.933. The van der Waals surface area contributed by atoms with Gasteiger partial charge in [-0.1, -0.05) is 13.8 Å². The molecule has 0 aliphatic carbocycles. The number of carboxylic acids is 1. The van der Waals surface area contributed by atoms with E-state index in [-0.39, 0.29) is 11.0 Å². The molecule has 0 amide bonds. The maximum atomic E-state index is 12.3. The van der Waals surface area contributed by atoms with Crippen LogP contribution in [0.3, 0.4) is 0 Å². The molecule has 18 heavy (non-hydrogen) atoms. The SMILES string of the molecule is CC(C)C[C@H](Nc1nc(C(F)(F)F)cs1)C(=O)O. The molecule has 1 rings (SSSR count). The number of aliphatic carboxylic acids is 1. The van der Waals surface area contributed by atoms with Crippen molar-refractivity contribution in [2.24, 2.45) is 5.92 Å². The van der Waals surface area contributed by atoms with E-state index in [0.717, 1.165) is 16.7 Å². The van der Waals surface area contributed by atoms with Crippen molar-refractivity contribution in [1.82, 2.24) is 4.98 Å². The van der Waals surface area contributed by atoms with Crippen LogP contribution in [0.15, 0.2) is 5.38 Å². The normalized spacial score (nSPS) is 13.7. The second kappa shape index (κ2) is 5.55. The Morgan fingerprint density at radius 1 is 1.56 bits per heavy atom. The number of hydrogen-bond acceptors (Lipinski definition) is 4. The lowest BCUT2D eigenvalue weighted by molar-refractivity contribution is -0.140. The number of nitrogens with one attached hydrogen (secondary N) is 1. The molecule has 0 saturated heterocycles. The van der Waals surface area contributed by atoms with Crippen LogP contribution in [0.5, 0.6) is 0 Å². The average molecular weight is 282 g/mol. The molecule has 0 aliphatic rings. The number of alkyl halides is 3. The number of rotatable bonds is 5. The summed E-state index contributed by atoms with van der Waals surface area (Å²) in [5.74, 6) is -0.992. The van der Waals surface area contributed by atoms with Crippen LogP contribution < -0.4 is 5.32 Å². The molecule has 0 radical (unpaired) electrons. The molecule has 0 aliphatic heterocycles. The van der Waals surface area contributed by atoms with Gasteiger partial charge in [0.25, 0.3) is 0 Å². The summed E-state index contributed by atoms with van der Waals surface area (Å²) in [6.45, 7) is 3.67. The van der Waals surface area contributed by atoms with Crippen LogP contribution in [0.2, 0.25) is 0 Å². The molecule has 8 heteroatoms. The van der Waals surface area contributed by atoms with Crippen molar-refractivity contribution in [2.75, 3.05) is 5.32 Å². The molecule has 0 saturated carbocycles. The van der Waals surface area contributed by atoms with Crippen LogP contribution in [0, 0.1) is 5.92 Å². The van der Waals surface area contributed by atoms with Crippen LogP contribution in [0.25, 0.3) is 0 Å². The summed E-state index contributed by atoms with van der Waals surface area (Å²) in [6.07, 6.45) is -4.19. The molecule has 102 valence electrons. The first kappa shape index (κ1) is 14.7. The van der Waals surface area contributed by atoms with Gasteiger partial charge in [-0.25, -0.2) is 9.78 Å². The highest BCUT2D eigenvalue weighted by Gasteiger charge is 2.34. The van der Waals surface area contributed by atoms with Crippen molar-refractivity contribution in [2.45, 2.75) is 32.5 Å². The number of thiazole rings is 1. The summed E-state index contributed by atoms with van der Waals surface area (Å²) in [7, 11) is 0. The third-order valence-corrected chi connectivity index (χ3v) is 2.87. The number of nitrogens with zero attached hydrogens (tertiary/aromatic N) is 1. The lowest BCUT2D eigenvalue weighted by Gasteiger charge is -2.15. The number of halogens is 3. The zero-order valence-electron chi connectivity index (χ0n) is 9.78. The Balaban J connectivity index is 2.76. The lowest BCUT2D eigenvalue weighted by Crippen LogP contribution is -2.30. The highest BCUT2D eigenvalue weighted by Crippen LogP contribution is 2.32. The van der Waals surface area contributed by atoms with Gasteiger partial charge in [-0.3, -0.25) is 0 Å². The third kappa shape index (κ3) is 4.17. The fourth-order valence-electron chi connectivity index (χ4n) is 1.31. The molecule has 0 bridgehead atoms. The van der Waals surface area contributed by atoms with Crippen molar-refractivity contribution in [3.05, 3.63) is 11.1 Å². The van der Waals surface area contributed by atoms with Crippen LogP contribution in [0.1, 0.15) is 26.0 Å². The minimum absolute atomic E-state index is 0.0321. The fourth-order valence-corrected chi connectivity index (χ4v) is 2.08. The maximum absolute atomic E-state index is 12.3. The zero-order valence-corrected chi connectivity index (χ0v) is 10.6. The van der Waals surface area contributed by atoms with Gasteiger partial charge in [-0.15, -0.1) is 11.3 Å². The number of aromatic nitrogens is 1. The number of anilines is 1. The molecule has 4 nitrogen and oxygen atoms in total. The fraction of sp³-hybridized carbons (Fsp3) is 0.600. The van der Waals surface area contributed by atoms with Gasteiger partial charge in [0.05, 0.1) is 0 Å². The smallest absolute Gasteiger partial charge is 0.434 e. The number of carboxylic acid groups (broad SMARTS) is 1. The molecule has 1 heterocycles. The van der Waals surface area contributed by atoms with E-state index in [1.54, 1.807) is 0 Å². The van der Waals surface area contributed by atoms with E-state index in [1.165, 1.54) is 0 Å². The summed E-state index contributed by atoms with van der Waals surface area (Å²) in [4.78, 5) is 14.3. The van der Waals surface area contributed by atoms with E-state index < -0.39 is 23.9 Å². The van der Waals surface area contributed by atoms with Gasteiger partial charge >= 0.3 is 12.1 Å². The largest absolute Gasteiger partial charge is 0.480 e. The van der Waals surface area contributed by atoms with Crippen LogP contribution in [-0.4, -0.2) is 22.1 Å². The number of hydrogen-bond donors (Lipinski definition) is 2. The molecule has 0 spiro atoms. The first-order valence-corrected chi connectivity index (χ1v) is 6.10. The topological polar surface area (TPSA) is 62.2 Å². The molecule has 0 unspecified atom stereocenters. The van der Waals surface area contributed by atoms with Gasteiger partial charge in [0, 0.05) is 5.38 Å². The standard InChI is InChI=1S/C10H13F3N2O2S/c1-5(2)3-6(8(16)17)14-9-15-7(4-18-9)10(11,12)13/h4-6H,3H2,1-2H3,(H,14,15)(H,16,17)/t6-/m0/s1. The molecule has 2 N–H and O–H groups in total. The molecule has 1 aromatic heterocycles. The van der Waals surface area contributed by atoms with Crippen LogP contribution in [0.4, 0.5) is 18.3 Å². The molecule has 1 atom stereocenters. The van der Waals surface area contributed by atoms with E-state index in [1.807, 2.05) is 13.8 Å². The van der Waals surface area contributed by atoms with Crippen LogP contribution >= 0.6 is 11.3 Å². The summed E-state index contributed by atoms with van der Waals surface area (Å²) >= 11 is 0.744. The van der Waals surface area contributed by atoms with Gasteiger partial charge in [0.15, 0.2) is 10.8 Å². The first-order chi connectivity index (χ1) is 8.20. The van der Waals surface area contributed by atoms with Gasteiger partial charge in [0.1, 0.15) is 6.04 Å². The van der Waals surface area contributed by atoms with Crippen molar-refractivity contribution >= 4 is 22.4 Å². The Labute approximate surface area is 106 Å². The Hall–Kier alpha value is -1.31. The van der Waals surface area contributed by atoms with E-state index in [4.69, 9.17) is 5.11 Å². The predicted octanol–water partition coefficient (Wildman–Crippen LogP) is 3.07. The minimum atomic E-state index is -4.51. The van der Waals surface area contributed by atoms with E-state index in [9.17, 15) is 18.0 Å². The van der Waals surface area contributed by atoms with Gasteiger partial charge in [-0.2, -0.15) is 13.2 Å². The van der Waals surface area contributed by atoms with Gasteiger partial charge in [0.2, 0.25) is 0 Å². The maximum Gasteiger partial charge on any atom is 0.434 e. The Morgan fingerprint density at radius 3 is 2.56 bits per heavy atom. The highest BCUT2D eigenvalue weighted by molar-refractivity contribution is 7.13. The Morgan fingerprint density at radius 2 is 2.17 bits per heavy atom. The molecular formula is C10H13F3N2O2S. The van der Waals surface area contributed by atoms with Crippen molar-refractivity contribution in [3.8, 4) is 0 Å². The monoisotopic (exact) mass is 282 g/mol. The molecular weight excluding hydrogens is 269 g/mol. The predicted molar refractivity (Wildman–Crippen MR) is 61.6 cm³/mol. The van der Waals surface area contributed by atoms with Gasteiger partial charge < -0.3 is 10.4 Å². The lowest BCUT2D eigenvalue weighted by atomic mass is 10.0. The van der Waals surface area contributed by atoms with Crippen LogP contribution in [-0.2, 0) is 11.0 Å². The van der Waals surface area contributed by atoms with Crippen molar-refractivity contribution in [3.63, 3.8) is 0 Å². The second-order valence-corrected chi connectivity index (χ2v) is 5.06. The van der Waals surface area contributed by atoms with Crippen molar-refractivity contribution in [1.29, 1.82) is 0 Å². The third-order valence-electron chi connectivity index (χ3n) is 2.10. The first-order valence-electron chi connectivity index (χ1n) is 5.22. The molecule has 1 aromatic rings. The molecule has 0 aromatic carbocycles. The van der Waals surface area contributed by atoms with Gasteiger partial charge in [-0.05, 0) is 12.3 Å². The molecule has 0 fully saturated rings. The Kier molecular flexibility index (Phi) is 4.55. The number of carbonyl (C=O) groups is 1. The average Bonchev–Trinajstić information content (AvgIpc) is 2.63. The van der Waals surface area contributed by atoms with Crippen molar-refractivity contribution < 1.29 is 23.1 Å². The van der Waals surface area contributed by atoms with E-state index in [2.05, 4.69) is 10.3 Å². The highest BCUT2D eigenvalue weighted by atomic mass is 32.1. The Bertz CT molecular complexity index is 418. The minimum Gasteiger partial charge on any atom is -0.480 e. The quantitative estimate of drug-likeness (QED) is 0.871. The van der Waals surface area contributed by atoms with E-state index in [0.29, 0.717) is 6.42 Å². The zero-order chi connectivity index (χ0) is 13.9.